The maximum absolute atomic E-state index is 13.3. The van der Waals surface area contributed by atoms with E-state index in [4.69, 9.17) is 21.7 Å². The highest BCUT2D eigenvalue weighted by atomic mass is 79.9. The summed E-state index contributed by atoms with van der Waals surface area (Å²) >= 11 is 8.50. The molecule has 33 heavy (non-hydrogen) atoms. The number of nitrogens with one attached hydrogen (secondary N) is 1. The lowest BCUT2D eigenvalue weighted by Gasteiger charge is -2.29. The van der Waals surface area contributed by atoms with Crippen molar-refractivity contribution in [3.05, 3.63) is 57.8 Å². The number of benzene rings is 2. The first-order valence-electron chi connectivity index (χ1n) is 9.58. The molecule has 1 N–H and O–H groups in total. The second kappa shape index (κ2) is 10.5. The van der Waals surface area contributed by atoms with Gasteiger partial charge in [-0.15, -0.1) is 0 Å². The average molecular weight is 537 g/mol. The second-order valence-electron chi connectivity index (χ2n) is 6.56. The normalized spacial score (nSPS) is 14.8. The second-order valence-corrected chi connectivity index (χ2v) is 7.80. The van der Waals surface area contributed by atoms with Gasteiger partial charge in [0.1, 0.15) is 11.4 Å². The minimum atomic E-state index is -0.677. The Hall–Kier alpha value is -3.31. The lowest BCUT2D eigenvalue weighted by atomic mass is 10.1. The van der Waals surface area contributed by atoms with Gasteiger partial charge in [-0.3, -0.25) is 19.8 Å². The summed E-state index contributed by atoms with van der Waals surface area (Å²) in [6.45, 7) is 1.73. The third kappa shape index (κ3) is 5.55. The Labute approximate surface area is 202 Å². The third-order valence-corrected chi connectivity index (χ3v) is 5.26. The molecule has 2 amide bonds. The Morgan fingerprint density at radius 2 is 1.91 bits per heavy atom. The van der Waals surface area contributed by atoms with Crippen LogP contribution in [0.2, 0.25) is 0 Å². The number of halogens is 2. The zero-order valence-electron chi connectivity index (χ0n) is 17.5. The van der Waals surface area contributed by atoms with Gasteiger partial charge in [0.15, 0.2) is 23.2 Å². The largest absolute Gasteiger partial charge is 0.490 e. The molecule has 1 fully saturated rings. The fourth-order valence-corrected chi connectivity index (χ4v) is 3.77. The molecule has 0 saturated carbocycles. The molecule has 2 aromatic carbocycles. The van der Waals surface area contributed by atoms with E-state index in [0.717, 1.165) is 4.90 Å². The zero-order chi connectivity index (χ0) is 24.1. The first-order valence-corrected chi connectivity index (χ1v) is 10.8. The van der Waals surface area contributed by atoms with Gasteiger partial charge >= 0.3 is 5.97 Å². The maximum atomic E-state index is 13.3. The Bertz CT molecular complexity index is 1150. The summed E-state index contributed by atoms with van der Waals surface area (Å²) in [5.74, 6) is -1.84. The van der Waals surface area contributed by atoms with Crippen LogP contribution in [0.25, 0.3) is 6.08 Å². The minimum absolute atomic E-state index is 0.114. The molecule has 1 heterocycles. The van der Waals surface area contributed by atoms with Gasteiger partial charge < -0.3 is 14.2 Å². The smallest absolute Gasteiger partial charge is 0.343 e. The standard InChI is InChI=1S/C22H18BrFN2O6S/c1-3-31-17-10-12(9-16(23)19(17)32-11-18(27)30-2)8-15-20(28)25-22(33)26(21(15)29)14-6-4-13(24)5-7-14/h4-10H,3,11H2,1-2H3,(H,25,28,33)/b15-8+. The van der Waals surface area contributed by atoms with Crippen LogP contribution in [0.3, 0.4) is 0 Å². The molecule has 172 valence electrons. The summed E-state index contributed by atoms with van der Waals surface area (Å²) in [5.41, 5.74) is 0.562. The van der Waals surface area contributed by atoms with Crippen molar-refractivity contribution in [2.24, 2.45) is 0 Å². The molecule has 0 unspecified atom stereocenters. The minimum Gasteiger partial charge on any atom is -0.490 e. The summed E-state index contributed by atoms with van der Waals surface area (Å²) in [5, 5.41) is 2.35. The number of hydrogen-bond donors (Lipinski definition) is 1. The predicted octanol–water partition coefficient (Wildman–Crippen LogP) is 3.37. The van der Waals surface area contributed by atoms with Gasteiger partial charge in [-0.05, 0) is 83.1 Å². The van der Waals surface area contributed by atoms with Crippen molar-refractivity contribution in [1.82, 2.24) is 5.32 Å². The average Bonchev–Trinajstić information content (AvgIpc) is 2.77. The molecule has 0 radical (unpaired) electrons. The topological polar surface area (TPSA) is 94.2 Å². The summed E-state index contributed by atoms with van der Waals surface area (Å²) < 4.78 is 29.4. The highest BCUT2D eigenvalue weighted by Gasteiger charge is 2.34. The van der Waals surface area contributed by atoms with Crippen molar-refractivity contribution in [3.63, 3.8) is 0 Å². The number of hydrogen-bond acceptors (Lipinski definition) is 7. The van der Waals surface area contributed by atoms with Crippen LogP contribution in [0.4, 0.5) is 10.1 Å². The van der Waals surface area contributed by atoms with E-state index in [1.807, 2.05) is 0 Å². The number of anilines is 1. The van der Waals surface area contributed by atoms with E-state index >= 15 is 0 Å². The molecule has 1 aliphatic rings. The molecule has 0 bridgehead atoms. The molecule has 11 heteroatoms. The molecule has 3 rings (SSSR count). The number of carbonyl (C=O) groups excluding carboxylic acids is 3. The molecular weight excluding hydrogens is 519 g/mol. The lowest BCUT2D eigenvalue weighted by molar-refractivity contribution is -0.143. The van der Waals surface area contributed by atoms with E-state index in [0.29, 0.717) is 22.3 Å². The van der Waals surface area contributed by atoms with E-state index in [1.54, 1.807) is 19.1 Å². The highest BCUT2D eigenvalue weighted by Crippen LogP contribution is 2.38. The first-order chi connectivity index (χ1) is 15.7. The van der Waals surface area contributed by atoms with Gasteiger partial charge in [-0.25, -0.2) is 9.18 Å². The maximum Gasteiger partial charge on any atom is 0.343 e. The molecule has 8 nitrogen and oxygen atoms in total. The molecule has 1 aliphatic heterocycles. The summed E-state index contributed by atoms with van der Waals surface area (Å²) in [6.07, 6.45) is 1.37. The van der Waals surface area contributed by atoms with Crippen LogP contribution in [0.1, 0.15) is 12.5 Å². The van der Waals surface area contributed by atoms with Crippen LogP contribution in [0.5, 0.6) is 11.5 Å². The fourth-order valence-electron chi connectivity index (χ4n) is 2.91. The van der Waals surface area contributed by atoms with Crippen molar-refractivity contribution in [2.45, 2.75) is 6.92 Å². The lowest BCUT2D eigenvalue weighted by Crippen LogP contribution is -2.54. The van der Waals surface area contributed by atoms with E-state index in [2.05, 4.69) is 26.0 Å². The Morgan fingerprint density at radius 1 is 1.21 bits per heavy atom. The zero-order valence-corrected chi connectivity index (χ0v) is 19.9. The highest BCUT2D eigenvalue weighted by molar-refractivity contribution is 9.10. The van der Waals surface area contributed by atoms with Crippen molar-refractivity contribution < 1.29 is 33.0 Å². The van der Waals surface area contributed by atoms with Crippen LogP contribution >= 0.6 is 28.1 Å². The van der Waals surface area contributed by atoms with E-state index in [1.165, 1.54) is 37.5 Å². The fraction of sp³-hybridized carbons (Fsp3) is 0.182. The van der Waals surface area contributed by atoms with Crippen LogP contribution in [0, 0.1) is 5.82 Å². The predicted molar refractivity (Wildman–Crippen MR) is 125 cm³/mol. The van der Waals surface area contributed by atoms with E-state index in [-0.39, 0.29) is 28.8 Å². The number of nitrogens with zero attached hydrogens (tertiary/aromatic N) is 1. The van der Waals surface area contributed by atoms with E-state index < -0.39 is 23.6 Å². The van der Waals surface area contributed by atoms with Gasteiger partial charge in [0.2, 0.25) is 0 Å². The number of rotatable bonds is 7. The molecule has 0 atom stereocenters. The number of esters is 1. The van der Waals surface area contributed by atoms with Gasteiger partial charge in [-0.1, -0.05) is 0 Å². The molecule has 0 spiro atoms. The first kappa shape index (κ1) is 24.3. The van der Waals surface area contributed by atoms with Gasteiger partial charge in [-0.2, -0.15) is 0 Å². The number of carbonyl (C=O) groups is 3. The molecule has 0 aliphatic carbocycles. The SMILES string of the molecule is CCOc1cc(/C=C2\C(=O)NC(=S)N(c3ccc(F)cc3)C2=O)cc(Br)c1OCC(=O)OC. The third-order valence-electron chi connectivity index (χ3n) is 4.39. The van der Waals surface area contributed by atoms with Gasteiger partial charge in [0, 0.05) is 0 Å². The van der Waals surface area contributed by atoms with Crippen molar-refractivity contribution in [1.29, 1.82) is 0 Å². The summed E-state index contributed by atoms with van der Waals surface area (Å²) in [6, 6.07) is 8.28. The van der Waals surface area contributed by atoms with Gasteiger partial charge in [0.05, 0.1) is 23.9 Å². The summed E-state index contributed by atoms with van der Waals surface area (Å²) in [7, 11) is 1.24. The Balaban J connectivity index is 1.98. The Kier molecular flexibility index (Phi) is 7.77. The van der Waals surface area contributed by atoms with Gasteiger partial charge in [0.25, 0.3) is 11.8 Å². The van der Waals surface area contributed by atoms with Crippen LogP contribution in [-0.4, -0.2) is 43.2 Å². The summed E-state index contributed by atoms with van der Waals surface area (Å²) in [4.78, 5) is 38.2. The molecule has 1 saturated heterocycles. The van der Waals surface area contributed by atoms with Crippen molar-refractivity contribution >= 4 is 62.8 Å². The van der Waals surface area contributed by atoms with Crippen molar-refractivity contribution in [2.75, 3.05) is 25.2 Å². The van der Waals surface area contributed by atoms with Crippen LogP contribution < -0.4 is 19.7 Å². The molecule has 0 aromatic heterocycles. The van der Waals surface area contributed by atoms with E-state index in [9.17, 15) is 18.8 Å². The molecular formula is C22H18BrFN2O6S. The number of amides is 2. The number of ether oxygens (including phenoxy) is 3. The monoisotopic (exact) mass is 536 g/mol. The number of methoxy groups -OCH3 is 1. The van der Waals surface area contributed by atoms with Crippen molar-refractivity contribution in [3.8, 4) is 11.5 Å². The Morgan fingerprint density at radius 3 is 2.55 bits per heavy atom. The quantitative estimate of drug-likeness (QED) is 0.251. The number of thiocarbonyl (C=S) groups is 1. The van der Waals surface area contributed by atoms with Crippen LogP contribution in [0.15, 0.2) is 46.4 Å². The van der Waals surface area contributed by atoms with Crippen LogP contribution in [-0.2, 0) is 19.1 Å². The molecule has 2 aromatic rings.